The average Bonchev–Trinajstić information content (AvgIpc) is 3.95. The molecule has 0 fully saturated rings. The molecule has 12 rings (SSSR count). The van der Waals surface area contributed by atoms with Crippen LogP contribution in [0.15, 0.2) is 115 Å². The summed E-state index contributed by atoms with van der Waals surface area (Å²) >= 11 is 1.94. The molecule has 0 bridgehead atoms. The minimum Gasteiger partial charge on any atom is -0.355 e. The summed E-state index contributed by atoms with van der Waals surface area (Å²) in [6, 6.07) is 45.6. The zero-order valence-electron chi connectivity index (χ0n) is 44.4. The van der Waals surface area contributed by atoms with Gasteiger partial charge in [-0.25, -0.2) is 0 Å². The highest BCUT2D eigenvalue weighted by Gasteiger charge is 2.45. The third-order valence-electron chi connectivity index (χ3n) is 16.6. The quantitative estimate of drug-likeness (QED) is 0.175. The second-order valence-corrected chi connectivity index (χ2v) is 27.3. The van der Waals surface area contributed by atoms with Crippen molar-refractivity contribution in [1.82, 2.24) is 4.57 Å². The van der Waals surface area contributed by atoms with Crippen LogP contribution in [0.5, 0.6) is 0 Å². The number of nitrogens with one attached hydrogen (secondary N) is 1. The molecule has 1 radical (unpaired) electrons. The second-order valence-electron chi connectivity index (χ2n) is 26.2. The Morgan fingerprint density at radius 3 is 1.76 bits per heavy atom. The summed E-state index contributed by atoms with van der Waals surface area (Å²) in [7, 11) is 2.59. The Kier molecular flexibility index (Phi) is 9.33. The largest absolute Gasteiger partial charge is 0.355 e. The number of benzene rings is 7. The van der Waals surface area contributed by atoms with Crippen molar-refractivity contribution in [2.75, 3.05) is 5.32 Å². The first-order chi connectivity index (χ1) is 32.7. The fourth-order valence-electron chi connectivity index (χ4n) is 12.5. The highest BCUT2D eigenvalue weighted by Crippen LogP contribution is 2.59. The Hall–Kier alpha value is -5.84. The third-order valence-corrected chi connectivity index (χ3v) is 17.7. The summed E-state index contributed by atoms with van der Waals surface area (Å²) in [5.41, 5.74) is 26.0. The lowest BCUT2D eigenvalue weighted by Gasteiger charge is -2.29. The predicted octanol–water partition coefficient (Wildman–Crippen LogP) is 17.2. The Morgan fingerprint density at radius 2 is 1.09 bits per heavy atom. The lowest BCUT2D eigenvalue weighted by atomic mass is 9.61. The smallest absolute Gasteiger partial charge is 0.211 e. The van der Waals surface area contributed by atoms with Crippen LogP contribution in [0.1, 0.15) is 155 Å². The second kappa shape index (κ2) is 14.4. The van der Waals surface area contributed by atoms with Gasteiger partial charge in [0.2, 0.25) is 7.28 Å². The van der Waals surface area contributed by atoms with E-state index in [0.29, 0.717) is 0 Å². The molecule has 1 aliphatic heterocycles. The number of nitrogens with zero attached hydrogens (tertiary/aromatic N) is 1. The Labute approximate surface area is 421 Å². The average molecular weight is 932 g/mol. The van der Waals surface area contributed by atoms with E-state index in [1.807, 2.05) is 11.3 Å². The Bertz CT molecular complexity index is 3730. The molecule has 70 heavy (non-hydrogen) atoms. The molecule has 2 aromatic heterocycles. The van der Waals surface area contributed by atoms with Gasteiger partial charge in [0, 0.05) is 54.1 Å². The summed E-state index contributed by atoms with van der Waals surface area (Å²) in [6.07, 6.45) is 0. The predicted molar refractivity (Wildman–Crippen MR) is 306 cm³/mol. The maximum Gasteiger partial charge on any atom is 0.211 e. The Morgan fingerprint density at radius 1 is 0.500 bits per heavy atom. The van der Waals surface area contributed by atoms with Crippen LogP contribution in [0.25, 0.3) is 71.0 Å². The molecular weight excluding hydrogens is 864 g/mol. The van der Waals surface area contributed by atoms with Gasteiger partial charge in [0.05, 0.1) is 11.2 Å². The van der Waals surface area contributed by atoms with Gasteiger partial charge in [0.15, 0.2) is 0 Å². The Balaban J connectivity index is 1.26. The molecule has 0 amide bonds. The molecule has 0 atom stereocenters. The van der Waals surface area contributed by atoms with Crippen LogP contribution in [0.3, 0.4) is 0 Å². The van der Waals surface area contributed by atoms with Crippen LogP contribution in [-0.4, -0.2) is 11.8 Å². The van der Waals surface area contributed by atoms with Crippen LogP contribution >= 0.6 is 11.3 Å². The van der Waals surface area contributed by atoms with Crippen molar-refractivity contribution in [2.45, 2.75) is 143 Å². The van der Waals surface area contributed by atoms with Crippen molar-refractivity contribution < 1.29 is 0 Å². The summed E-state index contributed by atoms with van der Waals surface area (Å²) in [5.74, 6) is 0. The molecule has 0 saturated heterocycles. The van der Waals surface area contributed by atoms with Crippen LogP contribution in [0.4, 0.5) is 11.4 Å². The van der Waals surface area contributed by atoms with Crippen molar-refractivity contribution >= 4 is 72.1 Å². The number of rotatable bonds is 3. The zero-order valence-corrected chi connectivity index (χ0v) is 45.2. The summed E-state index contributed by atoms with van der Waals surface area (Å²) in [6.45, 7) is 37.8. The molecular formula is C66H68BN2S. The summed E-state index contributed by atoms with van der Waals surface area (Å²) < 4.78 is 5.34. The van der Waals surface area contributed by atoms with E-state index in [1.165, 1.54) is 126 Å². The van der Waals surface area contributed by atoms with E-state index in [9.17, 15) is 0 Å². The number of aromatic nitrogens is 1. The molecule has 7 aromatic carbocycles. The summed E-state index contributed by atoms with van der Waals surface area (Å²) in [5, 5.41) is 8.21. The minimum absolute atomic E-state index is 0.0182. The lowest BCUT2D eigenvalue weighted by Crippen LogP contribution is -2.36. The molecule has 351 valence electrons. The SMILES string of the molecule is CC(C)(C)c1ccc(Nc2cc3c(cc2-c2c4c(c5c6cc(C(C)(C)C)ccc6n6c5c2[B]c2sc5ccc(C(C)(C)C)cc5c2-6)C(C)(C)c2ccccc2-4)-c2ccc(C(C)(C)C)cc2C3(C)C)cc1. The van der Waals surface area contributed by atoms with Crippen molar-refractivity contribution in [3.8, 4) is 39.1 Å². The van der Waals surface area contributed by atoms with Crippen LogP contribution in [0.2, 0.25) is 0 Å². The fraction of sp³-hybridized carbons (Fsp3) is 0.333. The van der Waals surface area contributed by atoms with Gasteiger partial charge < -0.3 is 9.88 Å². The van der Waals surface area contributed by atoms with E-state index in [2.05, 4.69) is 243 Å². The van der Waals surface area contributed by atoms with Gasteiger partial charge in [0.25, 0.3) is 0 Å². The van der Waals surface area contributed by atoms with Crippen LogP contribution in [0, 0.1) is 0 Å². The monoisotopic (exact) mass is 932 g/mol. The van der Waals surface area contributed by atoms with Gasteiger partial charge in [0.1, 0.15) is 0 Å². The first-order valence-corrected chi connectivity index (χ1v) is 26.5. The minimum atomic E-state index is -0.280. The molecule has 9 aromatic rings. The zero-order chi connectivity index (χ0) is 49.6. The van der Waals surface area contributed by atoms with Gasteiger partial charge in [-0.1, -0.05) is 178 Å². The number of fused-ring (bicyclic) bond motifs is 14. The molecule has 3 aliphatic rings. The first-order valence-electron chi connectivity index (χ1n) is 25.7. The molecule has 0 spiro atoms. The van der Waals surface area contributed by atoms with Gasteiger partial charge >= 0.3 is 0 Å². The molecule has 0 saturated carbocycles. The standard InChI is InChI=1S/C66H68BN2S/c1-61(2,3)36-21-26-40(27-22-36)68-50-35-49-43(41-28-23-39(64(10,11)12)33-48(41)65(49,13)14)34-44(50)54-53-42-19-17-18-20-47(42)66(15,16)56(53)55-45-31-37(62(4,5)6)24-29-51(45)69-58-46-32-38(63(7,8)9)25-30-52(46)70-60(58)67-57(54)59(55)69/h17-35,68H,1-16H3. The first kappa shape index (κ1) is 45.3. The van der Waals surface area contributed by atoms with E-state index in [4.69, 9.17) is 0 Å². The molecule has 1 N–H and O–H groups in total. The molecule has 2 nitrogen and oxygen atoms in total. The van der Waals surface area contributed by atoms with Crippen molar-refractivity contribution in [3.05, 3.63) is 160 Å². The molecule has 2 aliphatic carbocycles. The van der Waals surface area contributed by atoms with E-state index < -0.39 is 0 Å². The molecule has 4 heteroatoms. The summed E-state index contributed by atoms with van der Waals surface area (Å²) in [4.78, 5) is 0. The van der Waals surface area contributed by atoms with Gasteiger partial charge in [-0.3, -0.25) is 0 Å². The van der Waals surface area contributed by atoms with E-state index >= 15 is 0 Å². The maximum absolute atomic E-state index is 4.14. The normalized spacial score (nSPS) is 15.5. The highest BCUT2D eigenvalue weighted by atomic mass is 32.1. The van der Waals surface area contributed by atoms with E-state index in [0.717, 1.165) is 11.4 Å². The highest BCUT2D eigenvalue weighted by molar-refractivity contribution is 7.29. The van der Waals surface area contributed by atoms with Crippen molar-refractivity contribution in [1.29, 1.82) is 0 Å². The number of hydrogen-bond donors (Lipinski definition) is 1. The van der Waals surface area contributed by atoms with Gasteiger partial charge in [-0.05, 0) is 153 Å². The van der Waals surface area contributed by atoms with E-state index in [-0.39, 0.29) is 32.5 Å². The third kappa shape index (κ3) is 6.43. The number of hydrogen-bond acceptors (Lipinski definition) is 2. The van der Waals surface area contributed by atoms with Crippen molar-refractivity contribution in [2.24, 2.45) is 0 Å². The molecule has 0 unspecified atom stereocenters. The fourth-order valence-corrected chi connectivity index (χ4v) is 13.6. The van der Waals surface area contributed by atoms with Gasteiger partial charge in [-0.15, -0.1) is 11.3 Å². The van der Waals surface area contributed by atoms with E-state index in [1.54, 1.807) is 0 Å². The lowest BCUT2D eigenvalue weighted by molar-refractivity contribution is 0.584. The van der Waals surface area contributed by atoms with Crippen LogP contribution in [-0.2, 0) is 32.5 Å². The van der Waals surface area contributed by atoms with Crippen molar-refractivity contribution in [3.63, 3.8) is 0 Å². The maximum atomic E-state index is 4.14. The molecule has 3 heterocycles. The van der Waals surface area contributed by atoms with Crippen LogP contribution < -0.4 is 15.6 Å². The number of anilines is 2. The number of thiophene rings is 1. The van der Waals surface area contributed by atoms with Gasteiger partial charge in [-0.2, -0.15) is 0 Å². The topological polar surface area (TPSA) is 17.0 Å².